The van der Waals surface area contributed by atoms with Gasteiger partial charge in [-0.25, -0.2) is 4.98 Å². The minimum Gasteiger partial charge on any atom is -0.310 e. The van der Waals surface area contributed by atoms with E-state index in [0.29, 0.717) is 0 Å². The molecule has 4 heteroatoms. The maximum atomic E-state index is 8.85. The van der Waals surface area contributed by atoms with Crippen LogP contribution in [0.15, 0.2) is 5.38 Å². The largest absolute Gasteiger partial charge is 0.310 e. The van der Waals surface area contributed by atoms with Gasteiger partial charge in [-0.2, -0.15) is 5.26 Å². The molecule has 0 aliphatic heterocycles. The normalized spacial score (nSPS) is 11.4. The summed E-state index contributed by atoms with van der Waals surface area (Å²) in [5, 5.41) is 15.4. The van der Waals surface area contributed by atoms with Crippen molar-refractivity contribution >= 4 is 11.3 Å². The van der Waals surface area contributed by atoms with Gasteiger partial charge in [-0.3, -0.25) is 0 Å². The molecule has 0 aromatic carbocycles. The van der Waals surface area contributed by atoms with Crippen LogP contribution in [0.1, 0.15) is 37.4 Å². The highest BCUT2D eigenvalue weighted by Gasteiger charge is 2.15. The van der Waals surface area contributed by atoms with Gasteiger partial charge < -0.3 is 5.32 Å². The summed E-state index contributed by atoms with van der Waals surface area (Å²) in [4.78, 5) is 4.38. The van der Waals surface area contributed by atoms with E-state index in [-0.39, 0.29) is 5.41 Å². The molecule has 3 nitrogen and oxygen atoms in total. The first-order valence-corrected chi connectivity index (χ1v) is 6.44. The van der Waals surface area contributed by atoms with Gasteiger partial charge in [-0.15, -0.1) is 11.3 Å². The number of aryl methyl sites for hydroxylation is 1. The van der Waals surface area contributed by atoms with Crippen LogP contribution < -0.4 is 5.32 Å². The zero-order chi connectivity index (χ0) is 12.0. The molecule has 88 valence electrons. The lowest BCUT2D eigenvalue weighted by Crippen LogP contribution is -2.17. The topological polar surface area (TPSA) is 48.7 Å². The molecule has 0 aliphatic rings. The Morgan fingerprint density at radius 3 is 2.88 bits per heavy atom. The average Bonchev–Trinajstić information content (AvgIpc) is 2.64. The van der Waals surface area contributed by atoms with Crippen molar-refractivity contribution in [1.29, 1.82) is 5.26 Å². The van der Waals surface area contributed by atoms with Gasteiger partial charge in [0.15, 0.2) is 0 Å². The molecule has 0 fully saturated rings. The van der Waals surface area contributed by atoms with E-state index in [4.69, 9.17) is 5.26 Å². The molecule has 1 heterocycles. The van der Waals surface area contributed by atoms with Crippen molar-refractivity contribution in [3.05, 3.63) is 16.1 Å². The second-order valence-electron chi connectivity index (χ2n) is 4.66. The summed E-state index contributed by atoms with van der Waals surface area (Å²) < 4.78 is 0. The van der Waals surface area contributed by atoms with E-state index in [1.807, 2.05) is 20.8 Å². The van der Waals surface area contributed by atoms with Gasteiger partial charge in [0.1, 0.15) is 5.01 Å². The van der Waals surface area contributed by atoms with Gasteiger partial charge in [0, 0.05) is 17.6 Å². The maximum Gasteiger partial charge on any atom is 0.107 e. The van der Waals surface area contributed by atoms with E-state index in [1.165, 1.54) is 0 Å². The van der Waals surface area contributed by atoms with Gasteiger partial charge in [-0.05, 0) is 40.2 Å². The molecule has 1 rings (SSSR count). The summed E-state index contributed by atoms with van der Waals surface area (Å²) in [7, 11) is 0. The lowest BCUT2D eigenvalue weighted by atomic mass is 9.90. The minimum atomic E-state index is -0.195. The van der Waals surface area contributed by atoms with Crippen molar-refractivity contribution in [3.63, 3.8) is 0 Å². The van der Waals surface area contributed by atoms with Crippen molar-refractivity contribution in [2.75, 3.05) is 6.54 Å². The average molecular weight is 237 g/mol. The SMILES string of the molecule is Cc1csc(CNCCCC(C)(C)C#N)n1. The number of rotatable bonds is 6. The Bertz CT molecular complexity index is 363. The number of nitrogens with zero attached hydrogens (tertiary/aromatic N) is 2. The lowest BCUT2D eigenvalue weighted by Gasteiger charge is -2.14. The van der Waals surface area contributed by atoms with Crippen molar-refractivity contribution in [2.45, 2.75) is 40.2 Å². The molecule has 0 bridgehead atoms. The summed E-state index contributed by atoms with van der Waals surface area (Å²) >= 11 is 1.69. The molecule has 0 unspecified atom stereocenters. The van der Waals surface area contributed by atoms with Gasteiger partial charge in [0.25, 0.3) is 0 Å². The highest BCUT2D eigenvalue weighted by atomic mass is 32.1. The van der Waals surface area contributed by atoms with Gasteiger partial charge in [0.05, 0.1) is 11.5 Å². The van der Waals surface area contributed by atoms with Crippen LogP contribution in [-0.4, -0.2) is 11.5 Å². The molecular formula is C12H19N3S. The summed E-state index contributed by atoms with van der Waals surface area (Å²) in [6, 6.07) is 2.32. The number of thiazole rings is 1. The van der Waals surface area contributed by atoms with E-state index in [9.17, 15) is 0 Å². The fourth-order valence-electron chi connectivity index (χ4n) is 1.39. The van der Waals surface area contributed by atoms with Crippen LogP contribution in [0, 0.1) is 23.7 Å². The van der Waals surface area contributed by atoms with Crippen LogP contribution in [0.25, 0.3) is 0 Å². The molecule has 0 amide bonds. The molecule has 0 saturated heterocycles. The van der Waals surface area contributed by atoms with Crippen LogP contribution >= 0.6 is 11.3 Å². The second-order valence-corrected chi connectivity index (χ2v) is 5.60. The Labute approximate surface area is 102 Å². The monoisotopic (exact) mass is 237 g/mol. The summed E-state index contributed by atoms with van der Waals surface area (Å²) in [5.41, 5.74) is 0.895. The predicted molar refractivity (Wildman–Crippen MR) is 67.2 cm³/mol. The molecule has 1 aromatic heterocycles. The van der Waals surface area contributed by atoms with E-state index in [2.05, 4.69) is 21.8 Å². The number of aromatic nitrogens is 1. The van der Waals surface area contributed by atoms with Crippen LogP contribution in [-0.2, 0) is 6.54 Å². The summed E-state index contributed by atoms with van der Waals surface area (Å²) in [6.07, 6.45) is 1.97. The third-order valence-corrected chi connectivity index (χ3v) is 3.37. The molecule has 0 radical (unpaired) electrons. The number of hydrogen-bond acceptors (Lipinski definition) is 4. The van der Waals surface area contributed by atoms with Gasteiger partial charge in [0.2, 0.25) is 0 Å². The van der Waals surface area contributed by atoms with E-state index >= 15 is 0 Å². The van der Waals surface area contributed by atoms with Gasteiger partial charge in [-0.1, -0.05) is 0 Å². The van der Waals surface area contributed by atoms with Crippen molar-refractivity contribution < 1.29 is 0 Å². The molecule has 0 aliphatic carbocycles. The Morgan fingerprint density at radius 2 is 2.31 bits per heavy atom. The van der Waals surface area contributed by atoms with Crippen LogP contribution in [0.5, 0.6) is 0 Å². The molecule has 0 spiro atoms. The van der Waals surface area contributed by atoms with Crippen molar-refractivity contribution in [2.24, 2.45) is 5.41 Å². The fourth-order valence-corrected chi connectivity index (χ4v) is 2.13. The standard InChI is InChI=1S/C12H19N3S/c1-10-8-16-11(15-10)7-14-6-4-5-12(2,3)9-13/h8,14H,4-7H2,1-3H3. The van der Waals surface area contributed by atoms with Crippen molar-refractivity contribution in [1.82, 2.24) is 10.3 Å². The van der Waals surface area contributed by atoms with Crippen LogP contribution in [0.2, 0.25) is 0 Å². The first-order valence-electron chi connectivity index (χ1n) is 5.56. The van der Waals surface area contributed by atoms with E-state index < -0.39 is 0 Å². The molecule has 0 atom stereocenters. The van der Waals surface area contributed by atoms with E-state index in [1.54, 1.807) is 11.3 Å². The first kappa shape index (κ1) is 13.1. The molecular weight excluding hydrogens is 218 g/mol. The summed E-state index contributed by atoms with van der Waals surface area (Å²) in [5.74, 6) is 0. The highest BCUT2D eigenvalue weighted by molar-refractivity contribution is 7.09. The third-order valence-electron chi connectivity index (χ3n) is 2.40. The Morgan fingerprint density at radius 1 is 1.56 bits per heavy atom. The predicted octanol–water partition coefficient (Wildman–Crippen LogP) is 2.87. The fraction of sp³-hybridized carbons (Fsp3) is 0.667. The Kier molecular flexibility index (Phi) is 4.91. The second kappa shape index (κ2) is 5.97. The third kappa shape index (κ3) is 4.73. The van der Waals surface area contributed by atoms with Crippen LogP contribution in [0.4, 0.5) is 0 Å². The molecule has 1 N–H and O–H groups in total. The minimum absolute atomic E-state index is 0.195. The van der Waals surface area contributed by atoms with E-state index in [0.717, 1.165) is 36.6 Å². The zero-order valence-corrected chi connectivity index (χ0v) is 11.0. The Hall–Kier alpha value is -0.920. The Balaban J connectivity index is 2.11. The number of nitriles is 1. The molecule has 0 saturated carbocycles. The maximum absolute atomic E-state index is 8.85. The smallest absolute Gasteiger partial charge is 0.107 e. The van der Waals surface area contributed by atoms with Crippen LogP contribution in [0.3, 0.4) is 0 Å². The quantitative estimate of drug-likeness (QED) is 0.774. The zero-order valence-electron chi connectivity index (χ0n) is 10.2. The molecule has 1 aromatic rings. The first-order chi connectivity index (χ1) is 7.53. The highest BCUT2D eigenvalue weighted by Crippen LogP contribution is 2.19. The lowest BCUT2D eigenvalue weighted by molar-refractivity contribution is 0.426. The van der Waals surface area contributed by atoms with Gasteiger partial charge >= 0.3 is 0 Å². The summed E-state index contributed by atoms with van der Waals surface area (Å²) in [6.45, 7) is 7.76. The van der Waals surface area contributed by atoms with Crippen molar-refractivity contribution in [3.8, 4) is 6.07 Å². The number of nitrogens with one attached hydrogen (secondary N) is 1. The number of hydrogen-bond donors (Lipinski definition) is 1. The molecule has 16 heavy (non-hydrogen) atoms.